The number of rotatable bonds is 7. The van der Waals surface area contributed by atoms with Crippen molar-refractivity contribution in [1.29, 1.82) is 0 Å². The molecule has 0 aliphatic heterocycles. The lowest BCUT2D eigenvalue weighted by Crippen LogP contribution is -2.26. The van der Waals surface area contributed by atoms with Crippen LogP contribution < -0.4 is 5.32 Å². The third-order valence-corrected chi connectivity index (χ3v) is 5.48. The van der Waals surface area contributed by atoms with Crippen molar-refractivity contribution in [2.75, 3.05) is 13.2 Å². The van der Waals surface area contributed by atoms with Crippen LogP contribution >= 0.6 is 0 Å². The summed E-state index contributed by atoms with van der Waals surface area (Å²) in [6, 6.07) is 17.4. The molecule has 8 heteroatoms. The molecule has 4 rings (SSSR count). The number of carbonyl (C=O) groups excluding carboxylic acids is 1. The Labute approximate surface area is 188 Å². The van der Waals surface area contributed by atoms with E-state index in [1.165, 1.54) is 12.2 Å². The minimum atomic E-state index is -1.23. The largest absolute Gasteiger partial charge is 0.449 e. The maximum Gasteiger partial charge on any atom is 0.407 e. The summed E-state index contributed by atoms with van der Waals surface area (Å²) in [4.78, 5) is 22.0. The highest BCUT2D eigenvalue weighted by Crippen LogP contribution is 2.44. The number of hydrogen-bond acceptors (Lipinski definition) is 4. The number of carbonyl (C=O) groups is 1. The summed E-state index contributed by atoms with van der Waals surface area (Å²) in [5.74, 6) is -2.18. The van der Waals surface area contributed by atoms with Crippen LogP contribution in [0.2, 0.25) is 0 Å². The van der Waals surface area contributed by atoms with Crippen LogP contribution in [0.15, 0.2) is 66.7 Å². The number of benzene rings is 3. The first-order valence-corrected chi connectivity index (χ1v) is 10.3. The third kappa shape index (κ3) is 4.74. The smallest absolute Gasteiger partial charge is 0.407 e. The summed E-state index contributed by atoms with van der Waals surface area (Å²) in [7, 11) is 0. The van der Waals surface area contributed by atoms with Crippen LogP contribution in [-0.4, -0.2) is 24.2 Å². The molecule has 1 N–H and O–H groups in total. The Morgan fingerprint density at radius 3 is 2.30 bits per heavy atom. The van der Waals surface area contributed by atoms with Crippen LogP contribution in [0, 0.1) is 21.7 Å². The van der Waals surface area contributed by atoms with Crippen LogP contribution in [0.25, 0.3) is 17.2 Å². The number of alkyl carbamates (subject to hydrolysis) is 1. The Bertz CT molecular complexity index is 1200. The average molecular weight is 450 g/mol. The van der Waals surface area contributed by atoms with Crippen molar-refractivity contribution < 1.29 is 23.2 Å². The Balaban J connectivity index is 1.29. The summed E-state index contributed by atoms with van der Waals surface area (Å²) >= 11 is 0. The van der Waals surface area contributed by atoms with Crippen molar-refractivity contribution in [1.82, 2.24) is 5.32 Å². The van der Waals surface area contributed by atoms with Gasteiger partial charge >= 0.3 is 11.8 Å². The number of nitrogens with one attached hydrogen (secondary N) is 1. The maximum absolute atomic E-state index is 13.8. The number of nitro groups is 1. The molecule has 6 nitrogen and oxygen atoms in total. The Kier molecular flexibility index (Phi) is 6.44. The lowest BCUT2D eigenvalue weighted by Gasteiger charge is -2.14. The van der Waals surface area contributed by atoms with Gasteiger partial charge in [-0.05, 0) is 28.7 Å². The fraction of sp³-hybridized carbons (Fsp3) is 0.160. The molecule has 3 aromatic carbocycles. The summed E-state index contributed by atoms with van der Waals surface area (Å²) in [5, 5.41) is 13.4. The zero-order chi connectivity index (χ0) is 23.4. The molecule has 0 aromatic heterocycles. The van der Waals surface area contributed by atoms with E-state index in [1.807, 2.05) is 36.4 Å². The van der Waals surface area contributed by atoms with Crippen molar-refractivity contribution in [3.8, 4) is 11.1 Å². The Morgan fingerprint density at radius 1 is 1.03 bits per heavy atom. The van der Waals surface area contributed by atoms with E-state index in [-0.39, 0.29) is 24.6 Å². The van der Waals surface area contributed by atoms with E-state index in [0.717, 1.165) is 28.3 Å². The summed E-state index contributed by atoms with van der Waals surface area (Å²) in [5.41, 5.74) is 3.60. The number of hydrogen-bond donors (Lipinski definition) is 1. The maximum atomic E-state index is 13.8. The molecule has 0 spiro atoms. The second-order valence-electron chi connectivity index (χ2n) is 7.53. The van der Waals surface area contributed by atoms with Crippen molar-refractivity contribution in [3.05, 3.63) is 105 Å². The molecule has 0 radical (unpaired) electrons. The SMILES string of the molecule is O=C(NCCC=Cc1cc([N+](=O)[O-])c(F)cc1F)OCC1c2ccccc2-c2ccccc21. The molecule has 168 valence electrons. The van der Waals surface area contributed by atoms with Gasteiger partial charge in [-0.25, -0.2) is 9.18 Å². The van der Waals surface area contributed by atoms with Gasteiger partial charge in [0.15, 0.2) is 0 Å². The van der Waals surface area contributed by atoms with Gasteiger partial charge in [0, 0.05) is 30.2 Å². The van der Waals surface area contributed by atoms with E-state index < -0.39 is 28.3 Å². The van der Waals surface area contributed by atoms with Gasteiger partial charge in [-0.2, -0.15) is 4.39 Å². The van der Waals surface area contributed by atoms with Crippen molar-refractivity contribution >= 4 is 17.9 Å². The fourth-order valence-electron chi connectivity index (χ4n) is 3.94. The second kappa shape index (κ2) is 9.60. The van der Waals surface area contributed by atoms with E-state index in [1.54, 1.807) is 0 Å². The molecular formula is C25H20F2N2O4. The van der Waals surface area contributed by atoms with Gasteiger partial charge in [0.2, 0.25) is 5.82 Å². The van der Waals surface area contributed by atoms with E-state index in [0.29, 0.717) is 12.5 Å². The number of nitrogens with zero attached hydrogens (tertiary/aromatic N) is 1. The third-order valence-electron chi connectivity index (χ3n) is 5.48. The van der Waals surface area contributed by atoms with E-state index in [2.05, 4.69) is 17.4 Å². The van der Waals surface area contributed by atoms with Crippen LogP contribution in [0.1, 0.15) is 29.0 Å². The predicted octanol–water partition coefficient (Wildman–Crippen LogP) is 5.82. The van der Waals surface area contributed by atoms with Crippen molar-refractivity contribution in [2.24, 2.45) is 0 Å². The number of nitro benzene ring substituents is 1. The van der Waals surface area contributed by atoms with Crippen LogP contribution in [-0.2, 0) is 4.74 Å². The molecule has 1 amide bonds. The predicted molar refractivity (Wildman–Crippen MR) is 120 cm³/mol. The Morgan fingerprint density at radius 2 is 1.67 bits per heavy atom. The van der Waals surface area contributed by atoms with Gasteiger partial charge in [0.1, 0.15) is 12.4 Å². The van der Waals surface area contributed by atoms with E-state index in [9.17, 15) is 23.7 Å². The van der Waals surface area contributed by atoms with Crippen LogP contribution in [0.5, 0.6) is 0 Å². The number of ether oxygens (including phenoxy) is 1. The van der Waals surface area contributed by atoms with Crippen molar-refractivity contribution in [2.45, 2.75) is 12.3 Å². The minimum absolute atomic E-state index is 0.0414. The van der Waals surface area contributed by atoms with Gasteiger partial charge in [-0.3, -0.25) is 10.1 Å². The molecular weight excluding hydrogens is 430 g/mol. The van der Waals surface area contributed by atoms with Crippen LogP contribution in [0.4, 0.5) is 19.3 Å². The van der Waals surface area contributed by atoms with Crippen LogP contribution in [0.3, 0.4) is 0 Å². The van der Waals surface area contributed by atoms with Gasteiger partial charge in [0.25, 0.3) is 0 Å². The second-order valence-corrected chi connectivity index (χ2v) is 7.53. The highest BCUT2D eigenvalue weighted by Gasteiger charge is 2.28. The Hall–Kier alpha value is -4.07. The molecule has 0 unspecified atom stereocenters. The summed E-state index contributed by atoms with van der Waals surface area (Å²) in [6.45, 7) is 0.415. The number of amides is 1. The first kappa shape index (κ1) is 22.1. The average Bonchev–Trinajstić information content (AvgIpc) is 3.12. The first-order valence-electron chi connectivity index (χ1n) is 10.3. The zero-order valence-corrected chi connectivity index (χ0v) is 17.5. The lowest BCUT2D eigenvalue weighted by atomic mass is 9.98. The highest BCUT2D eigenvalue weighted by molar-refractivity contribution is 5.79. The van der Waals surface area contributed by atoms with Gasteiger partial charge in [-0.1, -0.05) is 60.7 Å². The minimum Gasteiger partial charge on any atom is -0.449 e. The molecule has 0 atom stereocenters. The molecule has 0 heterocycles. The number of fused-ring (bicyclic) bond motifs is 3. The standard InChI is InChI=1S/C25H20F2N2O4/c26-22-14-23(27)24(29(31)32)13-16(22)7-5-6-12-28-25(30)33-15-21-19-10-3-1-8-17(19)18-9-2-4-11-20(18)21/h1-5,7-11,13-14,21H,6,12,15H2,(H,28,30). The summed E-state index contributed by atoms with van der Waals surface area (Å²) in [6.07, 6.45) is 2.59. The van der Waals surface area contributed by atoms with E-state index in [4.69, 9.17) is 4.74 Å². The molecule has 1 aliphatic rings. The monoisotopic (exact) mass is 450 g/mol. The first-order chi connectivity index (χ1) is 16.0. The summed E-state index contributed by atoms with van der Waals surface area (Å²) < 4.78 is 32.6. The highest BCUT2D eigenvalue weighted by atomic mass is 19.1. The van der Waals surface area contributed by atoms with Gasteiger partial charge in [-0.15, -0.1) is 0 Å². The normalized spacial score (nSPS) is 12.4. The molecule has 1 aliphatic carbocycles. The molecule has 0 saturated carbocycles. The molecule has 3 aromatic rings. The van der Waals surface area contributed by atoms with Gasteiger partial charge < -0.3 is 10.1 Å². The molecule has 33 heavy (non-hydrogen) atoms. The lowest BCUT2D eigenvalue weighted by molar-refractivity contribution is -0.387. The zero-order valence-electron chi connectivity index (χ0n) is 17.5. The molecule has 0 bridgehead atoms. The molecule has 0 fully saturated rings. The van der Waals surface area contributed by atoms with E-state index >= 15 is 0 Å². The number of halogens is 2. The molecule has 0 saturated heterocycles. The van der Waals surface area contributed by atoms with Crippen molar-refractivity contribution in [3.63, 3.8) is 0 Å². The fourth-order valence-corrected chi connectivity index (χ4v) is 3.94. The quantitative estimate of drug-likeness (QED) is 0.280. The van der Waals surface area contributed by atoms with Gasteiger partial charge in [0.05, 0.1) is 4.92 Å². The topological polar surface area (TPSA) is 81.5 Å².